The van der Waals surface area contributed by atoms with Crippen LogP contribution in [-0.4, -0.2) is 74.6 Å². The number of benzene rings is 1. The fourth-order valence-electron chi connectivity index (χ4n) is 3.05. The topological polar surface area (TPSA) is 75.8 Å². The Morgan fingerprint density at radius 1 is 1.27 bits per heavy atom. The molecule has 2 N–H and O–H groups in total. The molecule has 1 saturated heterocycles. The van der Waals surface area contributed by atoms with Gasteiger partial charge < -0.3 is 24.4 Å². The Bertz CT molecular complexity index is 727. The number of nitrogens with zero attached hydrogens (tertiary/aromatic N) is 2. The molecule has 0 radical (unpaired) electrons. The van der Waals surface area contributed by atoms with Gasteiger partial charge in [0.25, 0.3) is 5.91 Å². The van der Waals surface area contributed by atoms with Crippen LogP contribution in [0.25, 0.3) is 6.08 Å². The number of amidine groups is 1. The summed E-state index contributed by atoms with van der Waals surface area (Å²) < 4.78 is 10.6. The second-order valence-corrected chi connectivity index (χ2v) is 7.14. The van der Waals surface area contributed by atoms with Crippen LogP contribution in [-0.2, 0) is 4.79 Å². The highest BCUT2D eigenvalue weighted by atomic mass is 32.2. The number of aliphatic imine (C=N–C) groups is 1. The van der Waals surface area contributed by atoms with Gasteiger partial charge >= 0.3 is 0 Å². The van der Waals surface area contributed by atoms with Crippen molar-refractivity contribution in [2.45, 2.75) is 0 Å². The lowest BCUT2D eigenvalue weighted by atomic mass is 10.2. The zero-order valence-corrected chi connectivity index (χ0v) is 15.8. The molecule has 2 aliphatic heterocycles. The third kappa shape index (κ3) is 4.20. The minimum atomic E-state index is -0.204. The number of thioether (sulfide) groups is 1. The van der Waals surface area contributed by atoms with Gasteiger partial charge in [-0.1, -0.05) is 6.07 Å². The van der Waals surface area contributed by atoms with Crippen molar-refractivity contribution in [3.8, 4) is 11.5 Å². The van der Waals surface area contributed by atoms with Gasteiger partial charge in [0.15, 0.2) is 16.7 Å². The molecule has 1 fully saturated rings. The van der Waals surface area contributed by atoms with Gasteiger partial charge in [-0.15, -0.1) is 0 Å². The van der Waals surface area contributed by atoms with Gasteiger partial charge in [-0.3, -0.25) is 4.79 Å². The number of piperazine rings is 1. The van der Waals surface area contributed by atoms with Crippen LogP contribution in [0.1, 0.15) is 5.56 Å². The van der Waals surface area contributed by atoms with E-state index in [0.717, 1.165) is 43.5 Å². The summed E-state index contributed by atoms with van der Waals surface area (Å²) in [4.78, 5) is 20.6. The standard InChI is InChI=1S/C18H23N3O4S/c1-24-14-4-3-13(11-15(14)25-2)12-16-17(23)19-18(26-16)21-7-5-20(6-8-21)9-10-22/h3-4,11-12,22H,5-10H2,1-2H3/p+1/b16-12+. The van der Waals surface area contributed by atoms with Crippen LogP contribution >= 0.6 is 11.8 Å². The van der Waals surface area contributed by atoms with Crippen molar-refractivity contribution in [1.29, 1.82) is 0 Å². The normalized spacial score (nSPS) is 19.8. The number of hydrogen-bond donors (Lipinski definition) is 2. The highest BCUT2D eigenvalue weighted by Gasteiger charge is 2.29. The highest BCUT2D eigenvalue weighted by Crippen LogP contribution is 2.33. The highest BCUT2D eigenvalue weighted by molar-refractivity contribution is 8.18. The van der Waals surface area contributed by atoms with E-state index < -0.39 is 0 Å². The van der Waals surface area contributed by atoms with Crippen molar-refractivity contribution < 1.29 is 24.3 Å². The second-order valence-electron chi connectivity index (χ2n) is 6.14. The molecule has 0 saturated carbocycles. The molecule has 0 aromatic heterocycles. The quantitative estimate of drug-likeness (QED) is 0.695. The van der Waals surface area contributed by atoms with Crippen LogP contribution in [0.2, 0.25) is 0 Å². The molecule has 1 amide bonds. The lowest BCUT2D eigenvalue weighted by Crippen LogP contribution is -3.15. The van der Waals surface area contributed by atoms with Gasteiger partial charge in [-0.25, -0.2) is 0 Å². The molecule has 0 aliphatic carbocycles. The zero-order chi connectivity index (χ0) is 18.5. The number of ether oxygens (including phenoxy) is 2. The molecule has 8 heteroatoms. The second kappa shape index (κ2) is 8.57. The Morgan fingerprint density at radius 3 is 2.65 bits per heavy atom. The zero-order valence-electron chi connectivity index (χ0n) is 15.0. The predicted molar refractivity (Wildman–Crippen MR) is 102 cm³/mol. The Hall–Kier alpha value is -2.03. The maximum Gasteiger partial charge on any atom is 0.286 e. The first-order valence-corrected chi connectivity index (χ1v) is 9.40. The number of aliphatic hydroxyl groups excluding tert-OH is 1. The van der Waals surface area contributed by atoms with Crippen LogP contribution in [0.15, 0.2) is 28.1 Å². The fraction of sp³-hybridized carbons (Fsp3) is 0.444. The molecule has 7 nitrogen and oxygen atoms in total. The number of carbonyl (C=O) groups is 1. The van der Waals surface area contributed by atoms with Crippen molar-refractivity contribution in [2.24, 2.45) is 4.99 Å². The van der Waals surface area contributed by atoms with Crippen LogP contribution in [0.5, 0.6) is 11.5 Å². The maximum absolute atomic E-state index is 12.3. The minimum absolute atomic E-state index is 0.204. The molecule has 1 aromatic carbocycles. The third-order valence-corrected chi connectivity index (χ3v) is 5.57. The molecule has 2 heterocycles. The number of rotatable bonds is 5. The number of carbonyl (C=O) groups excluding carboxylic acids is 1. The van der Waals surface area contributed by atoms with E-state index in [2.05, 4.69) is 9.89 Å². The van der Waals surface area contributed by atoms with Crippen LogP contribution < -0.4 is 14.4 Å². The molecule has 2 aliphatic rings. The number of quaternary nitrogens is 1. The van der Waals surface area contributed by atoms with Crippen LogP contribution in [0.3, 0.4) is 0 Å². The largest absolute Gasteiger partial charge is 0.493 e. The summed E-state index contributed by atoms with van der Waals surface area (Å²) >= 11 is 1.41. The summed E-state index contributed by atoms with van der Waals surface area (Å²) in [6.45, 7) is 4.57. The molecular formula is C18H24N3O4S+. The average Bonchev–Trinajstić information content (AvgIpc) is 3.03. The van der Waals surface area contributed by atoms with Crippen molar-refractivity contribution in [3.05, 3.63) is 28.7 Å². The molecule has 0 atom stereocenters. The number of amides is 1. The van der Waals surface area contributed by atoms with Gasteiger partial charge in [0, 0.05) is 0 Å². The number of nitrogens with one attached hydrogen (secondary N) is 1. The maximum atomic E-state index is 12.3. The van der Waals surface area contributed by atoms with Gasteiger partial charge in [0.1, 0.15) is 6.54 Å². The molecule has 0 unspecified atom stereocenters. The summed E-state index contributed by atoms with van der Waals surface area (Å²) in [5.41, 5.74) is 0.868. The van der Waals surface area contributed by atoms with Gasteiger partial charge in [-0.05, 0) is 35.5 Å². The number of aliphatic hydroxyl groups is 1. The Kier molecular flexibility index (Phi) is 6.18. The monoisotopic (exact) mass is 378 g/mol. The Balaban J connectivity index is 1.67. The molecule has 0 spiro atoms. The van der Waals surface area contributed by atoms with Gasteiger partial charge in [0.05, 0.1) is 51.9 Å². The van der Waals surface area contributed by atoms with E-state index in [1.165, 1.54) is 16.7 Å². The lowest BCUT2D eigenvalue weighted by molar-refractivity contribution is -0.904. The van der Waals surface area contributed by atoms with Gasteiger partial charge in [-0.2, -0.15) is 4.99 Å². The summed E-state index contributed by atoms with van der Waals surface area (Å²) in [5.74, 6) is 1.08. The summed E-state index contributed by atoms with van der Waals surface area (Å²) in [7, 11) is 3.18. The fourth-order valence-corrected chi connectivity index (χ4v) is 4.01. The molecule has 0 bridgehead atoms. The molecule has 1 aromatic rings. The Labute approximate surface area is 157 Å². The molecule has 140 valence electrons. The summed E-state index contributed by atoms with van der Waals surface area (Å²) in [6, 6.07) is 5.55. The first-order valence-electron chi connectivity index (χ1n) is 8.58. The van der Waals surface area contributed by atoms with E-state index in [4.69, 9.17) is 14.6 Å². The Morgan fingerprint density at radius 2 is 2.00 bits per heavy atom. The molecule has 26 heavy (non-hydrogen) atoms. The van der Waals surface area contributed by atoms with Crippen molar-refractivity contribution in [2.75, 3.05) is 53.6 Å². The summed E-state index contributed by atoms with van der Waals surface area (Å²) in [6.07, 6.45) is 1.83. The predicted octanol–water partition coefficient (Wildman–Crippen LogP) is -0.133. The summed E-state index contributed by atoms with van der Waals surface area (Å²) in [5, 5.41) is 9.81. The molecular weight excluding hydrogens is 354 g/mol. The van der Waals surface area contributed by atoms with E-state index >= 15 is 0 Å². The molecule has 3 rings (SSSR count). The third-order valence-electron chi connectivity index (χ3n) is 4.52. The van der Waals surface area contributed by atoms with Gasteiger partial charge in [0.2, 0.25) is 0 Å². The van der Waals surface area contributed by atoms with Crippen LogP contribution in [0.4, 0.5) is 0 Å². The van der Waals surface area contributed by atoms with Crippen LogP contribution in [0, 0.1) is 0 Å². The van der Waals surface area contributed by atoms with Crippen molar-refractivity contribution >= 4 is 28.9 Å². The smallest absolute Gasteiger partial charge is 0.286 e. The first kappa shape index (κ1) is 18.8. The van der Waals surface area contributed by atoms with E-state index in [1.807, 2.05) is 24.3 Å². The lowest BCUT2D eigenvalue weighted by Gasteiger charge is -2.32. The van der Waals surface area contributed by atoms with E-state index in [9.17, 15) is 4.79 Å². The average molecular weight is 378 g/mol. The number of hydrogen-bond acceptors (Lipinski definition) is 6. The first-order chi connectivity index (χ1) is 12.6. The minimum Gasteiger partial charge on any atom is -0.493 e. The SMILES string of the molecule is COc1ccc(/C=C2/SC(N3CC[NH+](CCO)CC3)=NC2=O)cc1OC. The van der Waals surface area contributed by atoms with Crippen molar-refractivity contribution in [3.63, 3.8) is 0 Å². The van der Waals surface area contributed by atoms with E-state index in [0.29, 0.717) is 16.4 Å². The van der Waals surface area contributed by atoms with Crippen molar-refractivity contribution in [1.82, 2.24) is 4.90 Å². The van der Waals surface area contributed by atoms with E-state index in [1.54, 1.807) is 14.2 Å². The number of methoxy groups -OCH3 is 2. The van der Waals surface area contributed by atoms with E-state index in [-0.39, 0.29) is 12.5 Å².